The molecule has 1 aromatic carbocycles. The number of hydrogen-bond acceptors (Lipinski definition) is 4. The van der Waals surface area contributed by atoms with E-state index in [1.165, 1.54) is 0 Å². The average Bonchev–Trinajstić information content (AvgIpc) is 3.08. The summed E-state index contributed by atoms with van der Waals surface area (Å²) in [7, 11) is 1.57. The quantitative estimate of drug-likeness (QED) is 0.766. The maximum absolute atomic E-state index is 12.2. The molecule has 0 saturated carbocycles. The number of amides is 1. The van der Waals surface area contributed by atoms with Crippen LogP contribution in [0, 0.1) is 12.8 Å². The highest BCUT2D eigenvalue weighted by Crippen LogP contribution is 2.23. The summed E-state index contributed by atoms with van der Waals surface area (Å²) >= 11 is 0. The van der Waals surface area contributed by atoms with Crippen LogP contribution in [0.5, 0.6) is 5.75 Å². The minimum Gasteiger partial charge on any atom is -0.494 e. The summed E-state index contributed by atoms with van der Waals surface area (Å²) in [6.07, 6.45) is 2.94. The first-order valence-electron chi connectivity index (χ1n) is 8.18. The normalized spacial score (nSPS) is 11.8. The third kappa shape index (κ3) is 4.59. The lowest BCUT2D eigenvalue weighted by Crippen LogP contribution is -2.33. The molecule has 2 aromatic rings. The molecule has 0 aliphatic heterocycles. The number of benzene rings is 1. The monoisotopic (exact) mass is 345 g/mol. The van der Waals surface area contributed by atoms with Gasteiger partial charge in [0.1, 0.15) is 11.4 Å². The number of nitrogens with one attached hydrogen (secondary N) is 1. The van der Waals surface area contributed by atoms with Gasteiger partial charge in [-0.05, 0) is 37.1 Å². The Balaban J connectivity index is 2.12. The fraction of sp³-hybridized carbons (Fsp3) is 0.389. The first-order valence-corrected chi connectivity index (χ1v) is 8.18. The van der Waals surface area contributed by atoms with Gasteiger partial charge in [0.2, 0.25) is 0 Å². The second kappa shape index (κ2) is 8.32. The van der Waals surface area contributed by atoms with Crippen molar-refractivity contribution in [2.24, 2.45) is 5.92 Å². The number of rotatable bonds is 8. The molecule has 0 saturated heterocycles. The van der Waals surface area contributed by atoms with Gasteiger partial charge in [-0.25, -0.2) is 4.68 Å². The Labute approximate surface area is 146 Å². The minimum atomic E-state index is -0.905. The van der Waals surface area contributed by atoms with Crippen molar-refractivity contribution in [2.45, 2.75) is 26.7 Å². The lowest BCUT2D eigenvalue weighted by atomic mass is 10.0. The van der Waals surface area contributed by atoms with E-state index in [4.69, 9.17) is 9.84 Å². The van der Waals surface area contributed by atoms with Crippen molar-refractivity contribution in [1.29, 1.82) is 0 Å². The molecule has 1 amide bonds. The zero-order chi connectivity index (χ0) is 18.4. The molecule has 0 fully saturated rings. The first kappa shape index (κ1) is 18.5. The molecular weight excluding hydrogens is 322 g/mol. The van der Waals surface area contributed by atoms with Gasteiger partial charge < -0.3 is 15.2 Å². The maximum atomic E-state index is 12.2. The number of ether oxygens (including phenoxy) is 1. The SMILES string of the molecule is CCCC(CNC(=O)c1ccn(-c2cc(C)ccc2OC)n1)C(=O)O. The molecule has 0 radical (unpaired) electrons. The summed E-state index contributed by atoms with van der Waals surface area (Å²) in [6, 6.07) is 7.27. The van der Waals surface area contributed by atoms with Crippen LogP contribution in [0.1, 0.15) is 35.8 Å². The number of carbonyl (C=O) groups is 2. The standard InChI is InChI=1S/C18H23N3O4/c1-4-5-13(18(23)24)11-19-17(22)14-8-9-21(20-14)15-10-12(2)6-7-16(15)25-3/h6-10,13H,4-5,11H2,1-3H3,(H,19,22)(H,23,24). The van der Waals surface area contributed by atoms with Crippen molar-refractivity contribution in [3.05, 3.63) is 41.7 Å². The lowest BCUT2D eigenvalue weighted by molar-refractivity contribution is -0.141. The van der Waals surface area contributed by atoms with Crippen molar-refractivity contribution >= 4 is 11.9 Å². The second-order valence-corrected chi connectivity index (χ2v) is 5.85. The van der Waals surface area contributed by atoms with Crippen LogP contribution in [-0.4, -0.2) is 40.4 Å². The van der Waals surface area contributed by atoms with E-state index in [9.17, 15) is 9.59 Å². The van der Waals surface area contributed by atoms with Gasteiger partial charge in [-0.15, -0.1) is 0 Å². The van der Waals surface area contributed by atoms with E-state index in [0.717, 1.165) is 17.7 Å². The van der Waals surface area contributed by atoms with Gasteiger partial charge in [0.05, 0.1) is 13.0 Å². The van der Waals surface area contributed by atoms with E-state index in [1.807, 2.05) is 32.0 Å². The fourth-order valence-corrected chi connectivity index (χ4v) is 2.53. The molecule has 0 bridgehead atoms. The molecule has 25 heavy (non-hydrogen) atoms. The van der Waals surface area contributed by atoms with Crippen molar-refractivity contribution in [1.82, 2.24) is 15.1 Å². The average molecular weight is 345 g/mol. The summed E-state index contributed by atoms with van der Waals surface area (Å²) in [5.74, 6) is -1.24. The predicted octanol–water partition coefficient (Wildman–Crippen LogP) is 2.42. The van der Waals surface area contributed by atoms with Crippen LogP contribution in [0.4, 0.5) is 0 Å². The van der Waals surface area contributed by atoms with Crippen molar-refractivity contribution in [3.63, 3.8) is 0 Å². The van der Waals surface area contributed by atoms with E-state index >= 15 is 0 Å². The number of aryl methyl sites for hydroxylation is 1. The Bertz CT molecular complexity index is 755. The molecule has 7 heteroatoms. The molecule has 1 atom stereocenters. The largest absolute Gasteiger partial charge is 0.494 e. The van der Waals surface area contributed by atoms with E-state index < -0.39 is 17.8 Å². The molecule has 0 aliphatic rings. The van der Waals surface area contributed by atoms with E-state index in [1.54, 1.807) is 24.1 Å². The van der Waals surface area contributed by atoms with Crippen LogP contribution in [0.15, 0.2) is 30.5 Å². The molecular formula is C18H23N3O4. The second-order valence-electron chi connectivity index (χ2n) is 5.85. The Morgan fingerprint density at radius 1 is 1.36 bits per heavy atom. The topological polar surface area (TPSA) is 93.5 Å². The number of aliphatic carboxylic acids is 1. The predicted molar refractivity (Wildman–Crippen MR) is 93.2 cm³/mol. The number of hydrogen-bond donors (Lipinski definition) is 2. The molecule has 2 N–H and O–H groups in total. The van der Waals surface area contributed by atoms with Crippen LogP contribution in [0.3, 0.4) is 0 Å². The van der Waals surface area contributed by atoms with Gasteiger partial charge in [0.15, 0.2) is 5.69 Å². The molecule has 7 nitrogen and oxygen atoms in total. The zero-order valence-corrected chi connectivity index (χ0v) is 14.7. The van der Waals surface area contributed by atoms with Crippen molar-refractivity contribution in [2.75, 3.05) is 13.7 Å². The summed E-state index contributed by atoms with van der Waals surface area (Å²) in [5, 5.41) is 16.1. The number of carbonyl (C=O) groups excluding carboxylic acids is 1. The summed E-state index contributed by atoms with van der Waals surface area (Å²) < 4.78 is 6.90. The van der Waals surface area contributed by atoms with Gasteiger partial charge >= 0.3 is 5.97 Å². The van der Waals surface area contributed by atoms with E-state index in [0.29, 0.717) is 12.2 Å². The number of aromatic nitrogens is 2. The van der Waals surface area contributed by atoms with Crippen LogP contribution in [-0.2, 0) is 4.79 Å². The van der Waals surface area contributed by atoms with Crippen LogP contribution >= 0.6 is 0 Å². The fourth-order valence-electron chi connectivity index (χ4n) is 2.53. The minimum absolute atomic E-state index is 0.0859. The van der Waals surface area contributed by atoms with Crippen molar-refractivity contribution < 1.29 is 19.4 Å². The maximum Gasteiger partial charge on any atom is 0.308 e. The highest BCUT2D eigenvalue weighted by molar-refractivity contribution is 5.92. The summed E-state index contributed by atoms with van der Waals surface area (Å²) in [4.78, 5) is 23.4. The Kier molecular flexibility index (Phi) is 6.16. The van der Waals surface area contributed by atoms with Gasteiger partial charge in [0.25, 0.3) is 5.91 Å². The van der Waals surface area contributed by atoms with Crippen LogP contribution < -0.4 is 10.1 Å². The summed E-state index contributed by atoms with van der Waals surface area (Å²) in [5.41, 5.74) is 2.00. The molecule has 1 unspecified atom stereocenters. The Morgan fingerprint density at radius 3 is 2.76 bits per heavy atom. The number of carboxylic acids is 1. The van der Waals surface area contributed by atoms with Crippen molar-refractivity contribution in [3.8, 4) is 11.4 Å². The Morgan fingerprint density at radius 2 is 2.12 bits per heavy atom. The van der Waals surface area contributed by atoms with Gasteiger partial charge in [-0.3, -0.25) is 9.59 Å². The third-order valence-electron chi connectivity index (χ3n) is 3.90. The first-order chi connectivity index (χ1) is 12.0. The van der Waals surface area contributed by atoms with Gasteiger partial charge in [0, 0.05) is 12.7 Å². The molecule has 0 aliphatic carbocycles. The lowest BCUT2D eigenvalue weighted by Gasteiger charge is -2.11. The van der Waals surface area contributed by atoms with E-state index in [-0.39, 0.29) is 12.2 Å². The summed E-state index contributed by atoms with van der Waals surface area (Å²) in [6.45, 7) is 3.96. The smallest absolute Gasteiger partial charge is 0.308 e. The van der Waals surface area contributed by atoms with E-state index in [2.05, 4.69) is 10.4 Å². The molecule has 2 rings (SSSR count). The molecule has 0 spiro atoms. The highest BCUT2D eigenvalue weighted by Gasteiger charge is 2.19. The van der Waals surface area contributed by atoms with Crippen LogP contribution in [0.2, 0.25) is 0 Å². The number of nitrogens with zero attached hydrogens (tertiary/aromatic N) is 2. The zero-order valence-electron chi connectivity index (χ0n) is 14.7. The highest BCUT2D eigenvalue weighted by atomic mass is 16.5. The van der Waals surface area contributed by atoms with Crippen LogP contribution in [0.25, 0.3) is 5.69 Å². The van der Waals surface area contributed by atoms with Gasteiger partial charge in [-0.1, -0.05) is 19.4 Å². The van der Waals surface area contributed by atoms with Gasteiger partial charge in [-0.2, -0.15) is 5.10 Å². The molecule has 1 heterocycles. The number of methoxy groups -OCH3 is 1. The molecule has 134 valence electrons. The third-order valence-corrected chi connectivity index (χ3v) is 3.90. The Hall–Kier alpha value is -2.83. The number of carboxylic acid groups (broad SMARTS) is 1. The molecule has 1 aromatic heterocycles.